The fraction of sp³-hybridized carbons (Fsp3) is 0.459. The monoisotopic (exact) mass is 1200 g/mol. The number of pyridine rings is 2. The van der Waals surface area contributed by atoms with Crippen LogP contribution in [0.2, 0.25) is 0 Å². The van der Waals surface area contributed by atoms with E-state index in [-0.39, 0.29) is 99.0 Å². The number of hydrogen-bond donors (Lipinski definition) is 9. The molecule has 0 spiro atoms. The molecule has 6 rings (SSSR count). The van der Waals surface area contributed by atoms with Crippen molar-refractivity contribution in [3.63, 3.8) is 0 Å². The van der Waals surface area contributed by atoms with Crippen molar-refractivity contribution in [3.8, 4) is 11.4 Å². The van der Waals surface area contributed by atoms with Crippen LogP contribution in [0.3, 0.4) is 0 Å². The quantitative estimate of drug-likeness (QED) is 0.00911. The summed E-state index contributed by atoms with van der Waals surface area (Å²) in [6.07, 6.45) is 9.23. The van der Waals surface area contributed by atoms with E-state index in [2.05, 4.69) is 51.0 Å². The topological polar surface area (TPSA) is 349 Å². The van der Waals surface area contributed by atoms with Crippen LogP contribution in [0.4, 0.5) is 4.39 Å². The van der Waals surface area contributed by atoms with E-state index in [1.807, 2.05) is 52.8 Å². The zero-order valence-electron chi connectivity index (χ0n) is 51.7. The Morgan fingerprint density at radius 2 is 1.42 bits per heavy atom. The number of imide groups is 1. The largest absolute Gasteiger partial charge is 0.399 e. The third-order valence-electron chi connectivity index (χ3n) is 11.9. The van der Waals surface area contributed by atoms with Gasteiger partial charge >= 0.3 is 0 Å². The van der Waals surface area contributed by atoms with Crippen molar-refractivity contribution in [2.24, 2.45) is 11.6 Å². The van der Waals surface area contributed by atoms with Crippen molar-refractivity contribution in [1.29, 1.82) is 0 Å². The fourth-order valence-corrected chi connectivity index (χ4v) is 7.88. The van der Waals surface area contributed by atoms with E-state index in [0.29, 0.717) is 89.2 Å². The molecule has 4 aromatic rings. The normalized spacial score (nSPS) is 12.1. The van der Waals surface area contributed by atoms with Crippen LogP contribution >= 0.6 is 0 Å². The molecule has 4 heterocycles. The molecular formula is C61H91FN12O12. The van der Waals surface area contributed by atoms with Crippen LogP contribution in [0.15, 0.2) is 77.4 Å². The first-order valence-corrected chi connectivity index (χ1v) is 28.5. The molecule has 2 aliphatic rings. The van der Waals surface area contributed by atoms with E-state index in [1.165, 1.54) is 39.9 Å². The molecule has 86 heavy (non-hydrogen) atoms. The summed E-state index contributed by atoms with van der Waals surface area (Å²) < 4.78 is 21.4. The zero-order valence-corrected chi connectivity index (χ0v) is 51.7. The number of aliphatic hydroxyl groups excluding tert-OH is 1. The molecule has 0 saturated heterocycles. The number of nitrogens with zero attached hydrogens (tertiary/aromatic N) is 4. The van der Waals surface area contributed by atoms with Crippen molar-refractivity contribution in [2.45, 2.75) is 119 Å². The Kier molecular flexibility index (Phi) is 40.9. The number of nitrogens with one attached hydrogen (secondary N) is 6. The summed E-state index contributed by atoms with van der Waals surface area (Å²) in [5.41, 5.74) is 11.2. The number of hydrogen-bond acceptors (Lipinski definition) is 19. The Bertz CT molecular complexity index is 2860. The molecule has 0 radical (unpaired) electrons. The second kappa shape index (κ2) is 45.2. The van der Waals surface area contributed by atoms with Crippen LogP contribution in [-0.4, -0.2) is 152 Å². The maximum absolute atomic E-state index is 14.7. The number of aromatic nitrogens is 2. The molecule has 2 aromatic heterocycles. The molecule has 2 atom stereocenters. The average molecular weight is 1200 g/mol. The third kappa shape index (κ3) is 27.7. The van der Waals surface area contributed by atoms with Gasteiger partial charge in [0.15, 0.2) is 6.29 Å². The SMILES string of the molecule is CC.CC.CCCc1c(C(O)C=O)cc2n(c1=O)Cc1c-2nc2cc(F)c(C)cc2c1CN(N)/C=C(\N)C(C)NC(=O)COCNC.CNCC(=O)NCC=O.CNCC(=O)NCC=O.Cc1ccccc1.O=CCCCCCN1C(=O)C=CC1=O. The number of ether oxygens (including phenoxy) is 1. The van der Waals surface area contributed by atoms with Crippen LogP contribution < -0.4 is 49.0 Å². The summed E-state index contributed by atoms with van der Waals surface area (Å²) in [6, 6.07) is 14.4. The molecule has 2 unspecified atom stereocenters. The molecule has 11 N–H and O–H groups in total. The summed E-state index contributed by atoms with van der Waals surface area (Å²) in [6.45, 7) is 16.9. The number of carbonyl (C=O) groups is 9. The van der Waals surface area contributed by atoms with E-state index in [9.17, 15) is 57.4 Å². The standard InChI is InChI=1S/C30H38FN7O5.C10H13NO3.C7H8.2C5H10N2O2.2C2H6/c1-5-6-18-20(27(40)13-39)8-26-29-22(11-38(26)30(18)42)21(19-7-16(2)23(31)9-25(19)36-29)10-37(33)12-24(32)17(3)35-28(41)14-43-15-34-4;12-8-4-2-1-3-7-11-9(13)5-6-10(11)14;1-7-5-3-2-4-6-7;2*1-6-4-5(9)7-2-3-8;2*1-2/h7-9,12-13,17,27,34,40H,5-6,10-11,14-15,32-33H2,1-4H3,(H,35,41);5-6,8H,1-4,7H2;2-6H,1H3;2*3,6H,2,4H2,1H3,(H,7,9);2*1-2H3/b24-12-;;;;;;. The van der Waals surface area contributed by atoms with Gasteiger partial charge in [-0.3, -0.25) is 39.0 Å². The van der Waals surface area contributed by atoms with Crippen molar-refractivity contribution >= 4 is 65.6 Å². The van der Waals surface area contributed by atoms with Crippen LogP contribution in [0.1, 0.15) is 113 Å². The van der Waals surface area contributed by atoms with Crippen LogP contribution in [0, 0.1) is 19.7 Å². The molecule has 0 aliphatic carbocycles. The smallest absolute Gasteiger partial charge is 0.254 e. The van der Waals surface area contributed by atoms with E-state index in [1.54, 1.807) is 51.7 Å². The van der Waals surface area contributed by atoms with Gasteiger partial charge in [0.2, 0.25) is 17.7 Å². The average Bonchev–Trinajstić information content (AvgIpc) is 1.58. The molecule has 25 heteroatoms. The molecular weight excluding hydrogens is 1110 g/mol. The minimum atomic E-state index is -1.46. The van der Waals surface area contributed by atoms with Crippen LogP contribution in [0.25, 0.3) is 22.3 Å². The van der Waals surface area contributed by atoms with Gasteiger partial charge in [0.05, 0.1) is 68.9 Å². The molecule has 2 aromatic carbocycles. The molecule has 2 aliphatic heterocycles. The number of aliphatic hydroxyl groups is 1. The number of carbonyl (C=O) groups excluding carboxylic acids is 9. The summed E-state index contributed by atoms with van der Waals surface area (Å²) in [5, 5.41) is 28.0. The van der Waals surface area contributed by atoms with Gasteiger partial charge < -0.3 is 70.9 Å². The van der Waals surface area contributed by atoms with Gasteiger partial charge in [-0.25, -0.2) is 15.2 Å². The maximum Gasteiger partial charge on any atom is 0.254 e. The summed E-state index contributed by atoms with van der Waals surface area (Å²) in [4.78, 5) is 116. The minimum Gasteiger partial charge on any atom is -0.399 e. The first-order valence-electron chi connectivity index (χ1n) is 28.5. The fourth-order valence-electron chi connectivity index (χ4n) is 7.88. The number of aryl methyl sites for hydroxylation is 2. The molecule has 0 saturated carbocycles. The number of aldehydes is 4. The lowest BCUT2D eigenvalue weighted by atomic mass is 9.97. The molecule has 5 amide bonds. The number of benzene rings is 2. The molecule has 474 valence electrons. The highest BCUT2D eigenvalue weighted by atomic mass is 19.1. The highest BCUT2D eigenvalue weighted by molar-refractivity contribution is 6.12. The predicted molar refractivity (Wildman–Crippen MR) is 330 cm³/mol. The second-order valence-corrected chi connectivity index (χ2v) is 18.5. The Morgan fingerprint density at radius 1 is 0.826 bits per heavy atom. The van der Waals surface area contributed by atoms with Crippen LogP contribution in [-0.2, 0) is 67.4 Å². The highest BCUT2D eigenvalue weighted by Crippen LogP contribution is 2.38. The van der Waals surface area contributed by atoms with Gasteiger partial charge in [-0.05, 0) is 90.0 Å². The van der Waals surface area contributed by atoms with E-state index >= 15 is 0 Å². The first-order chi connectivity index (χ1) is 41.3. The highest BCUT2D eigenvalue weighted by Gasteiger charge is 2.30. The summed E-state index contributed by atoms with van der Waals surface area (Å²) >= 11 is 0. The number of nitrogens with two attached hydrogens (primary N) is 2. The summed E-state index contributed by atoms with van der Waals surface area (Å²) in [7, 11) is 5.04. The van der Waals surface area contributed by atoms with Crippen molar-refractivity contribution < 1.29 is 57.4 Å². The van der Waals surface area contributed by atoms with Gasteiger partial charge in [-0.1, -0.05) is 83.4 Å². The van der Waals surface area contributed by atoms with Gasteiger partial charge in [0.25, 0.3) is 17.4 Å². The number of amides is 5. The zero-order chi connectivity index (χ0) is 65.1. The van der Waals surface area contributed by atoms with E-state index in [4.69, 9.17) is 21.3 Å². The Hall–Kier alpha value is -8.20. The lowest BCUT2D eigenvalue weighted by Gasteiger charge is -2.21. The predicted octanol–water partition coefficient (Wildman–Crippen LogP) is 2.99. The molecule has 24 nitrogen and oxygen atoms in total. The second-order valence-electron chi connectivity index (χ2n) is 18.5. The van der Waals surface area contributed by atoms with Crippen LogP contribution in [0.5, 0.6) is 0 Å². The van der Waals surface area contributed by atoms with Gasteiger partial charge in [0, 0.05) is 59.6 Å². The van der Waals surface area contributed by atoms with E-state index < -0.39 is 18.0 Å². The summed E-state index contributed by atoms with van der Waals surface area (Å²) in [5.74, 6) is 4.84. The van der Waals surface area contributed by atoms with Gasteiger partial charge in [-0.15, -0.1) is 0 Å². The minimum absolute atomic E-state index is 0.0977. The maximum atomic E-state index is 14.7. The Morgan fingerprint density at radius 3 is 1.92 bits per heavy atom. The lowest BCUT2D eigenvalue weighted by Crippen LogP contribution is -2.40. The third-order valence-corrected chi connectivity index (χ3v) is 11.9. The number of likely N-dealkylation sites (N-methyl/N-ethyl adjacent to an activating group) is 2. The van der Waals surface area contributed by atoms with E-state index in [0.717, 1.165) is 25.5 Å². The number of fused-ring (bicyclic) bond motifs is 4. The lowest BCUT2D eigenvalue weighted by molar-refractivity contribution is -0.137. The van der Waals surface area contributed by atoms with Crippen molar-refractivity contribution in [2.75, 3.05) is 67.2 Å². The molecule has 0 bridgehead atoms. The van der Waals surface area contributed by atoms with Gasteiger partial charge in [-0.2, -0.15) is 0 Å². The Labute approximate surface area is 504 Å². The molecule has 0 fully saturated rings. The van der Waals surface area contributed by atoms with Crippen molar-refractivity contribution in [1.82, 2.24) is 51.4 Å². The number of halogens is 1. The first kappa shape index (κ1) is 77.8. The number of hydrazine groups is 1. The number of rotatable bonds is 27. The number of unbranched alkanes of at least 4 members (excludes halogenated alkanes) is 3. The van der Waals surface area contributed by atoms with Crippen molar-refractivity contribution in [3.05, 3.63) is 122 Å². The van der Waals surface area contributed by atoms with Gasteiger partial charge in [0.1, 0.15) is 37.4 Å². The Balaban J connectivity index is 0.00000135.